The van der Waals surface area contributed by atoms with Crippen LogP contribution in [0.2, 0.25) is 0 Å². The Balaban J connectivity index is 1.46. The van der Waals surface area contributed by atoms with E-state index in [9.17, 15) is 0 Å². The van der Waals surface area contributed by atoms with Crippen molar-refractivity contribution < 1.29 is 0 Å². The quantitative estimate of drug-likeness (QED) is 0.510. The molecule has 5 rings (SSSR count). The molecule has 0 aliphatic rings. The number of benzene rings is 2. The first kappa shape index (κ1) is 17.1. The van der Waals surface area contributed by atoms with Gasteiger partial charge in [-0.3, -0.25) is 4.68 Å². The minimum absolute atomic E-state index is 0.533. The molecule has 3 heterocycles. The van der Waals surface area contributed by atoms with E-state index in [0.717, 1.165) is 39.4 Å². The minimum Gasteiger partial charge on any atom is -0.324 e. The fourth-order valence-corrected chi connectivity index (χ4v) is 3.18. The summed E-state index contributed by atoms with van der Waals surface area (Å²) in [5.74, 6) is 1.27. The van der Waals surface area contributed by atoms with Gasteiger partial charge in [0.2, 0.25) is 5.95 Å². The van der Waals surface area contributed by atoms with Crippen molar-refractivity contribution in [3.63, 3.8) is 0 Å². The molecule has 8 nitrogen and oxygen atoms in total. The van der Waals surface area contributed by atoms with Gasteiger partial charge in [0.15, 0.2) is 0 Å². The van der Waals surface area contributed by atoms with E-state index in [-0.39, 0.29) is 0 Å². The zero-order valence-electron chi connectivity index (χ0n) is 16.0. The Kier molecular flexibility index (Phi) is 4.02. The summed E-state index contributed by atoms with van der Waals surface area (Å²) in [6.45, 7) is 1.86. The van der Waals surface area contributed by atoms with Gasteiger partial charge in [-0.1, -0.05) is 18.2 Å². The van der Waals surface area contributed by atoms with E-state index < -0.39 is 0 Å². The summed E-state index contributed by atoms with van der Waals surface area (Å²) in [5.41, 5.74) is 4.55. The number of para-hydroxylation sites is 1. The number of aryl methyl sites for hydroxylation is 2. The molecule has 2 aromatic carbocycles. The highest BCUT2D eigenvalue weighted by atomic mass is 15.3. The third kappa shape index (κ3) is 3.31. The number of rotatable bonds is 4. The molecule has 142 valence electrons. The highest BCUT2D eigenvalue weighted by molar-refractivity contribution is 5.92. The maximum atomic E-state index is 4.74. The molecule has 0 aliphatic heterocycles. The third-order valence-corrected chi connectivity index (χ3v) is 4.59. The van der Waals surface area contributed by atoms with E-state index in [2.05, 4.69) is 25.5 Å². The van der Waals surface area contributed by atoms with Gasteiger partial charge in [-0.2, -0.15) is 10.2 Å². The van der Waals surface area contributed by atoms with Crippen molar-refractivity contribution in [3.05, 3.63) is 73.1 Å². The molecule has 0 aliphatic carbocycles. The van der Waals surface area contributed by atoms with Crippen molar-refractivity contribution in [2.45, 2.75) is 6.92 Å². The Morgan fingerprint density at radius 3 is 2.52 bits per heavy atom. The Morgan fingerprint density at radius 2 is 1.79 bits per heavy atom. The maximum Gasteiger partial charge on any atom is 0.227 e. The molecule has 0 spiro atoms. The highest BCUT2D eigenvalue weighted by Gasteiger charge is 2.10. The number of anilines is 2. The van der Waals surface area contributed by atoms with Crippen LogP contribution in [0.5, 0.6) is 0 Å². The predicted octanol–water partition coefficient (Wildman–Crippen LogP) is 3.66. The predicted molar refractivity (Wildman–Crippen MR) is 111 cm³/mol. The van der Waals surface area contributed by atoms with Crippen LogP contribution in [-0.4, -0.2) is 34.5 Å². The lowest BCUT2D eigenvalue weighted by Crippen LogP contribution is -1.99. The number of aromatic nitrogens is 7. The van der Waals surface area contributed by atoms with Crippen LogP contribution < -0.4 is 5.32 Å². The normalized spacial score (nSPS) is 11.1. The third-order valence-electron chi connectivity index (χ3n) is 4.59. The molecule has 0 amide bonds. The molecule has 1 N–H and O–H groups in total. The lowest BCUT2D eigenvalue weighted by atomic mass is 10.1. The molecular weight excluding hydrogens is 364 g/mol. The molecule has 0 unspecified atom stereocenters. The lowest BCUT2D eigenvalue weighted by molar-refractivity contribution is 0.771. The van der Waals surface area contributed by atoms with Gasteiger partial charge in [-0.15, -0.1) is 0 Å². The molecule has 3 aromatic heterocycles. The number of nitrogens with one attached hydrogen (secondary N) is 1. The fraction of sp³-hybridized carbons (Fsp3) is 0.0952. The lowest BCUT2D eigenvalue weighted by Gasteiger charge is -2.08. The molecule has 0 fully saturated rings. The Hall–Kier alpha value is -4.07. The summed E-state index contributed by atoms with van der Waals surface area (Å²) in [4.78, 5) is 13.3. The first-order valence-electron chi connectivity index (χ1n) is 9.17. The van der Waals surface area contributed by atoms with E-state index in [4.69, 9.17) is 4.98 Å². The summed E-state index contributed by atoms with van der Waals surface area (Å²) in [5, 5.41) is 13.1. The summed E-state index contributed by atoms with van der Waals surface area (Å²) in [6, 6.07) is 15.9. The number of hydrogen-bond acceptors (Lipinski definition) is 6. The van der Waals surface area contributed by atoms with Crippen LogP contribution in [-0.2, 0) is 7.05 Å². The zero-order chi connectivity index (χ0) is 19.8. The van der Waals surface area contributed by atoms with E-state index >= 15 is 0 Å². The van der Waals surface area contributed by atoms with Crippen molar-refractivity contribution >= 4 is 22.5 Å². The number of nitrogens with zero attached hydrogens (tertiary/aromatic N) is 7. The van der Waals surface area contributed by atoms with Gasteiger partial charge in [0.1, 0.15) is 12.2 Å². The van der Waals surface area contributed by atoms with Gasteiger partial charge < -0.3 is 5.32 Å². The second-order valence-electron chi connectivity index (χ2n) is 6.72. The first-order valence-corrected chi connectivity index (χ1v) is 9.17. The van der Waals surface area contributed by atoms with Gasteiger partial charge >= 0.3 is 0 Å². The SMILES string of the molecule is Cc1ncn(-c2ccc(Nc3ncc4cccc(-c5ccn(C)n5)c4n3)cc2)n1. The highest BCUT2D eigenvalue weighted by Crippen LogP contribution is 2.27. The van der Waals surface area contributed by atoms with Crippen LogP contribution >= 0.6 is 0 Å². The molecule has 0 saturated carbocycles. The second kappa shape index (κ2) is 6.83. The van der Waals surface area contributed by atoms with Gasteiger partial charge in [-0.05, 0) is 37.3 Å². The largest absolute Gasteiger partial charge is 0.324 e. The van der Waals surface area contributed by atoms with Gasteiger partial charge in [0, 0.05) is 36.1 Å². The maximum absolute atomic E-state index is 4.74. The summed E-state index contributed by atoms with van der Waals surface area (Å²) in [7, 11) is 1.90. The summed E-state index contributed by atoms with van der Waals surface area (Å²) in [6.07, 6.45) is 5.44. The van der Waals surface area contributed by atoms with E-state index in [1.807, 2.05) is 74.9 Å². The number of hydrogen-bond donors (Lipinski definition) is 1. The second-order valence-corrected chi connectivity index (χ2v) is 6.72. The van der Waals surface area contributed by atoms with Crippen molar-refractivity contribution in [2.24, 2.45) is 7.05 Å². The molecule has 0 radical (unpaired) electrons. The Bertz CT molecular complexity index is 1300. The molecular formula is C21H18N8. The molecule has 0 atom stereocenters. The van der Waals surface area contributed by atoms with Crippen LogP contribution in [0.1, 0.15) is 5.82 Å². The van der Waals surface area contributed by atoms with Crippen LogP contribution in [0.3, 0.4) is 0 Å². The molecule has 8 heteroatoms. The van der Waals surface area contributed by atoms with Gasteiger partial charge in [0.05, 0.1) is 16.9 Å². The summed E-state index contributed by atoms with van der Waals surface area (Å²) < 4.78 is 3.53. The summed E-state index contributed by atoms with van der Waals surface area (Å²) >= 11 is 0. The zero-order valence-corrected chi connectivity index (χ0v) is 16.0. The van der Waals surface area contributed by atoms with E-state index in [1.54, 1.807) is 15.7 Å². The van der Waals surface area contributed by atoms with Gasteiger partial charge in [-0.25, -0.2) is 19.6 Å². The van der Waals surface area contributed by atoms with E-state index in [1.165, 1.54) is 0 Å². The monoisotopic (exact) mass is 382 g/mol. The Morgan fingerprint density at radius 1 is 0.931 bits per heavy atom. The standard InChI is InChI=1S/C21H18N8/c1-14-23-13-29(26-14)17-8-6-16(7-9-17)24-21-22-12-15-4-3-5-18(20(15)25-21)19-10-11-28(2)27-19/h3-13H,1-2H3,(H,22,24,25). The molecule has 29 heavy (non-hydrogen) atoms. The van der Waals surface area contributed by atoms with Crippen LogP contribution in [0.15, 0.2) is 67.3 Å². The van der Waals surface area contributed by atoms with E-state index in [0.29, 0.717) is 5.95 Å². The van der Waals surface area contributed by atoms with Gasteiger partial charge in [0.25, 0.3) is 0 Å². The fourth-order valence-electron chi connectivity index (χ4n) is 3.18. The molecule has 0 bridgehead atoms. The van der Waals surface area contributed by atoms with Crippen molar-refractivity contribution in [3.8, 4) is 16.9 Å². The number of fused-ring (bicyclic) bond motifs is 1. The topological polar surface area (TPSA) is 86.3 Å². The first-order chi connectivity index (χ1) is 14.2. The van der Waals surface area contributed by atoms with Crippen molar-refractivity contribution in [1.29, 1.82) is 0 Å². The van der Waals surface area contributed by atoms with Crippen LogP contribution in [0, 0.1) is 6.92 Å². The van der Waals surface area contributed by atoms with Crippen LogP contribution in [0.4, 0.5) is 11.6 Å². The Labute approximate surface area is 166 Å². The average Bonchev–Trinajstić information content (AvgIpc) is 3.36. The minimum atomic E-state index is 0.533. The van der Waals surface area contributed by atoms with Crippen molar-refractivity contribution in [1.82, 2.24) is 34.5 Å². The van der Waals surface area contributed by atoms with Crippen molar-refractivity contribution in [2.75, 3.05) is 5.32 Å². The molecule has 5 aromatic rings. The molecule has 0 saturated heterocycles. The van der Waals surface area contributed by atoms with Crippen LogP contribution in [0.25, 0.3) is 27.8 Å². The smallest absolute Gasteiger partial charge is 0.227 e. The average molecular weight is 382 g/mol.